The number of morpholine rings is 1. The zero-order valence-corrected chi connectivity index (χ0v) is 20.2. The minimum Gasteiger partial charge on any atom is -0.507 e. The molecule has 0 saturated carbocycles. The van der Waals surface area contributed by atoms with Gasteiger partial charge in [0.25, 0.3) is 11.7 Å². The molecule has 0 aromatic heterocycles. The van der Waals surface area contributed by atoms with E-state index in [4.69, 9.17) is 28.4 Å². The summed E-state index contributed by atoms with van der Waals surface area (Å²) in [4.78, 5) is 30.4. The summed E-state index contributed by atoms with van der Waals surface area (Å²) >= 11 is 0. The van der Waals surface area contributed by atoms with Crippen LogP contribution < -0.4 is 23.7 Å². The van der Waals surface area contributed by atoms with E-state index in [0.717, 1.165) is 13.1 Å². The summed E-state index contributed by atoms with van der Waals surface area (Å²) in [6.45, 7) is 3.65. The average molecular weight is 510 g/mol. The molecule has 11 nitrogen and oxygen atoms in total. The fourth-order valence-electron chi connectivity index (χ4n) is 5.04. The zero-order chi connectivity index (χ0) is 25.5. The first-order valence-electron chi connectivity index (χ1n) is 12.0. The molecule has 6 rings (SSSR count). The van der Waals surface area contributed by atoms with E-state index < -0.39 is 17.7 Å². The van der Waals surface area contributed by atoms with Gasteiger partial charge in [0.15, 0.2) is 23.0 Å². The largest absolute Gasteiger partial charge is 0.507 e. The second kappa shape index (κ2) is 9.49. The number of likely N-dealkylation sites (tertiary alicyclic amines) is 1. The Labute approximate surface area is 212 Å². The minimum absolute atomic E-state index is 0.0215. The van der Waals surface area contributed by atoms with Gasteiger partial charge in [-0.15, -0.1) is 0 Å². The van der Waals surface area contributed by atoms with Crippen LogP contribution in [0.5, 0.6) is 28.7 Å². The molecule has 2 fully saturated rings. The summed E-state index contributed by atoms with van der Waals surface area (Å²) in [7, 11) is 1.50. The number of rotatable bonds is 6. The molecule has 0 bridgehead atoms. The Balaban J connectivity index is 1.44. The summed E-state index contributed by atoms with van der Waals surface area (Å²) in [6, 6.07) is 7.44. The maximum Gasteiger partial charge on any atom is 0.295 e. The van der Waals surface area contributed by atoms with E-state index in [9.17, 15) is 14.7 Å². The van der Waals surface area contributed by atoms with Crippen LogP contribution in [0, 0.1) is 0 Å². The highest BCUT2D eigenvalue weighted by Gasteiger charge is 2.47. The minimum atomic E-state index is -0.866. The van der Waals surface area contributed by atoms with Crippen LogP contribution in [0.2, 0.25) is 0 Å². The Morgan fingerprint density at radius 1 is 0.973 bits per heavy atom. The van der Waals surface area contributed by atoms with Gasteiger partial charge >= 0.3 is 0 Å². The van der Waals surface area contributed by atoms with Crippen LogP contribution in [-0.2, 0) is 14.3 Å². The first-order chi connectivity index (χ1) is 18.0. The number of ether oxygens (including phenoxy) is 6. The number of Topliss-reactive ketones (excluding diaryl/α,β-unsaturated/α-hetero) is 1. The van der Waals surface area contributed by atoms with Gasteiger partial charge in [-0.3, -0.25) is 14.5 Å². The Morgan fingerprint density at radius 2 is 1.73 bits per heavy atom. The number of carbonyl (C=O) groups is 2. The Bertz CT molecular complexity index is 1290. The Hall–Kier alpha value is -3.96. The standard InChI is InChI=1S/C26H26N2O9/c1-32-19-11-16(12-20-25(19)37-14-36-20)22-21(23(29)15-2-3-17-18(10-15)35-13-34-17)24(30)26(31)28(22)5-4-27-6-8-33-9-7-27/h2-3,10-12,22,29H,4-9,13-14H2,1H3. The highest BCUT2D eigenvalue weighted by Crippen LogP contribution is 2.47. The molecular weight excluding hydrogens is 484 g/mol. The maximum atomic E-state index is 13.4. The van der Waals surface area contributed by atoms with Gasteiger partial charge in [-0.05, 0) is 35.9 Å². The molecule has 1 atom stereocenters. The average Bonchev–Trinajstić information content (AvgIpc) is 3.65. The number of methoxy groups -OCH3 is 1. The van der Waals surface area contributed by atoms with Crippen LogP contribution in [0.15, 0.2) is 35.9 Å². The molecule has 2 aromatic carbocycles. The predicted octanol–water partition coefficient (Wildman–Crippen LogP) is 1.91. The van der Waals surface area contributed by atoms with Gasteiger partial charge in [0, 0.05) is 31.7 Å². The Morgan fingerprint density at radius 3 is 2.54 bits per heavy atom. The molecule has 4 aliphatic rings. The molecule has 1 amide bonds. The van der Waals surface area contributed by atoms with Crippen molar-refractivity contribution >= 4 is 17.4 Å². The third kappa shape index (κ3) is 4.09. The van der Waals surface area contributed by atoms with Crippen molar-refractivity contribution in [3.63, 3.8) is 0 Å². The number of hydrogen-bond donors (Lipinski definition) is 1. The molecule has 1 unspecified atom stereocenters. The van der Waals surface area contributed by atoms with Crippen LogP contribution in [0.4, 0.5) is 0 Å². The van der Waals surface area contributed by atoms with Crippen molar-refractivity contribution in [2.24, 2.45) is 0 Å². The molecule has 0 radical (unpaired) electrons. The van der Waals surface area contributed by atoms with Crippen LogP contribution in [0.1, 0.15) is 17.2 Å². The van der Waals surface area contributed by atoms with E-state index in [1.807, 2.05) is 0 Å². The van der Waals surface area contributed by atoms with Crippen molar-refractivity contribution in [3.05, 3.63) is 47.0 Å². The molecule has 1 N–H and O–H groups in total. The summed E-state index contributed by atoms with van der Waals surface area (Å²) in [5.74, 6) is 0.546. The van der Waals surface area contributed by atoms with Crippen LogP contribution in [0.3, 0.4) is 0 Å². The lowest BCUT2D eigenvalue weighted by molar-refractivity contribution is -0.140. The lowest BCUT2D eigenvalue weighted by Crippen LogP contribution is -2.42. The molecule has 194 valence electrons. The predicted molar refractivity (Wildman–Crippen MR) is 128 cm³/mol. The first kappa shape index (κ1) is 23.4. The summed E-state index contributed by atoms with van der Waals surface area (Å²) in [5, 5.41) is 11.4. The summed E-state index contributed by atoms with van der Waals surface area (Å²) in [6.07, 6.45) is 0. The highest BCUT2D eigenvalue weighted by atomic mass is 16.7. The van der Waals surface area contributed by atoms with Crippen molar-refractivity contribution in [1.29, 1.82) is 0 Å². The summed E-state index contributed by atoms with van der Waals surface area (Å²) in [5.41, 5.74) is 0.879. The lowest BCUT2D eigenvalue weighted by atomic mass is 9.94. The third-order valence-corrected chi connectivity index (χ3v) is 6.94. The number of amides is 1. The van der Waals surface area contributed by atoms with Crippen molar-refractivity contribution in [1.82, 2.24) is 9.80 Å². The van der Waals surface area contributed by atoms with Gasteiger partial charge in [-0.1, -0.05) is 0 Å². The van der Waals surface area contributed by atoms with Crippen molar-refractivity contribution in [2.75, 3.05) is 60.1 Å². The van der Waals surface area contributed by atoms with Gasteiger partial charge in [-0.2, -0.15) is 0 Å². The number of aliphatic hydroxyl groups is 1. The Kier molecular flexibility index (Phi) is 6.01. The molecular formula is C26H26N2O9. The van der Waals surface area contributed by atoms with Gasteiger partial charge < -0.3 is 38.4 Å². The van der Waals surface area contributed by atoms with Gasteiger partial charge in [0.2, 0.25) is 19.3 Å². The number of hydrogen-bond acceptors (Lipinski definition) is 10. The molecule has 2 aromatic rings. The number of carbonyl (C=O) groups excluding carboxylic acids is 2. The van der Waals surface area contributed by atoms with Crippen LogP contribution in [-0.4, -0.2) is 86.7 Å². The fourth-order valence-corrected chi connectivity index (χ4v) is 5.04. The molecule has 4 heterocycles. The number of benzene rings is 2. The topological polar surface area (TPSA) is 116 Å². The first-order valence-corrected chi connectivity index (χ1v) is 12.0. The number of nitrogens with zero attached hydrogens (tertiary/aromatic N) is 2. The second-order valence-corrected chi connectivity index (χ2v) is 8.97. The smallest absolute Gasteiger partial charge is 0.295 e. The number of ketones is 1. The molecule has 11 heteroatoms. The van der Waals surface area contributed by atoms with Gasteiger partial charge in [0.1, 0.15) is 5.76 Å². The normalized spacial score (nSPS) is 22.1. The van der Waals surface area contributed by atoms with E-state index >= 15 is 0 Å². The van der Waals surface area contributed by atoms with Crippen molar-refractivity contribution < 1.29 is 43.1 Å². The van der Waals surface area contributed by atoms with Crippen molar-refractivity contribution in [3.8, 4) is 28.7 Å². The number of fused-ring (bicyclic) bond motifs is 2. The molecule has 37 heavy (non-hydrogen) atoms. The molecule has 2 saturated heterocycles. The summed E-state index contributed by atoms with van der Waals surface area (Å²) < 4.78 is 32.8. The second-order valence-electron chi connectivity index (χ2n) is 8.97. The lowest BCUT2D eigenvalue weighted by Gasteiger charge is -2.31. The molecule has 0 aliphatic carbocycles. The highest BCUT2D eigenvalue weighted by molar-refractivity contribution is 6.46. The van der Waals surface area contributed by atoms with E-state index in [1.54, 1.807) is 30.3 Å². The van der Waals surface area contributed by atoms with Crippen LogP contribution in [0.25, 0.3) is 5.76 Å². The van der Waals surface area contributed by atoms with Gasteiger partial charge in [0.05, 0.1) is 31.9 Å². The fraction of sp³-hybridized carbons (Fsp3) is 0.385. The number of aliphatic hydroxyl groups excluding tert-OH is 1. The zero-order valence-electron chi connectivity index (χ0n) is 20.2. The maximum absolute atomic E-state index is 13.4. The molecule has 0 spiro atoms. The molecule has 4 aliphatic heterocycles. The van der Waals surface area contributed by atoms with E-state index in [0.29, 0.717) is 59.6 Å². The SMILES string of the molecule is COc1cc(C2C(=C(O)c3ccc4c(c3)OCO4)C(=O)C(=O)N2CCN2CCOCC2)cc2c1OCO2. The van der Waals surface area contributed by atoms with E-state index in [-0.39, 0.29) is 31.5 Å². The monoisotopic (exact) mass is 510 g/mol. The third-order valence-electron chi connectivity index (χ3n) is 6.94. The van der Waals surface area contributed by atoms with Gasteiger partial charge in [-0.25, -0.2) is 0 Å². The van der Waals surface area contributed by atoms with Crippen molar-refractivity contribution in [2.45, 2.75) is 6.04 Å². The van der Waals surface area contributed by atoms with E-state index in [1.165, 1.54) is 12.0 Å². The van der Waals surface area contributed by atoms with E-state index in [2.05, 4.69) is 4.90 Å². The van der Waals surface area contributed by atoms with Crippen LogP contribution >= 0.6 is 0 Å². The quantitative estimate of drug-likeness (QED) is 0.351.